The number of nitro groups is 2. The first-order chi connectivity index (χ1) is 48.0. The smallest absolute Gasteiger partial charge is 0.292 e. The summed E-state index contributed by atoms with van der Waals surface area (Å²) in [5.74, 6) is 1.84. The van der Waals surface area contributed by atoms with Gasteiger partial charge in [-0.25, -0.2) is 9.97 Å². The molecule has 16 nitrogen and oxygen atoms in total. The Morgan fingerprint density at radius 3 is 1.23 bits per heavy atom. The molecular formula is C78H80BrCl6N11O5. The monoisotopic (exact) mass is 1540 g/mol. The van der Waals surface area contributed by atoms with Crippen molar-refractivity contribution in [1.29, 1.82) is 0 Å². The van der Waals surface area contributed by atoms with Crippen molar-refractivity contribution in [2.75, 3.05) is 35.2 Å². The lowest BCUT2D eigenvalue weighted by atomic mass is 10.1. The maximum atomic E-state index is 10.9. The maximum absolute atomic E-state index is 10.9. The van der Waals surface area contributed by atoms with E-state index in [2.05, 4.69) is 91.3 Å². The van der Waals surface area contributed by atoms with Gasteiger partial charge in [-0.2, -0.15) is 0 Å². The second kappa shape index (κ2) is 39.5. The zero-order valence-electron chi connectivity index (χ0n) is 56.5. The number of aliphatic hydroxyl groups excluding tert-OH is 1. The van der Waals surface area contributed by atoms with Gasteiger partial charge in [0.15, 0.2) is 0 Å². The number of likely N-dealkylation sites (tertiary alicyclic amines) is 1. The number of rotatable bonds is 16. The molecule has 0 atom stereocenters. The van der Waals surface area contributed by atoms with E-state index in [1.807, 2.05) is 153 Å². The average molecular weight is 1540 g/mol. The summed E-state index contributed by atoms with van der Waals surface area (Å²) in [6, 6.07) is 67.0. The van der Waals surface area contributed by atoms with Crippen LogP contribution in [0.5, 0.6) is 0 Å². The summed E-state index contributed by atoms with van der Waals surface area (Å²) in [6.07, 6.45) is 2.60. The number of aliphatic hydroxyl groups is 1. The van der Waals surface area contributed by atoms with Crippen LogP contribution in [-0.4, -0.2) is 52.0 Å². The van der Waals surface area contributed by atoms with Crippen LogP contribution in [0, 0.1) is 54.8 Å². The molecule has 1 aliphatic rings. The highest BCUT2D eigenvalue weighted by atomic mass is 79.9. The number of imidazole rings is 2. The maximum Gasteiger partial charge on any atom is 0.292 e. The largest absolute Gasteiger partial charge is 0.397 e. The van der Waals surface area contributed by atoms with Crippen molar-refractivity contribution in [2.24, 2.45) is 0 Å². The quantitative estimate of drug-likeness (QED) is 0.0264. The van der Waals surface area contributed by atoms with Crippen LogP contribution in [0.2, 0.25) is 25.1 Å². The second-order valence-corrected chi connectivity index (χ2v) is 26.8. The molecule has 3 heterocycles. The van der Waals surface area contributed by atoms with Crippen molar-refractivity contribution in [3.05, 3.63) is 325 Å². The summed E-state index contributed by atoms with van der Waals surface area (Å²) in [5, 5.41) is 41.7. The van der Waals surface area contributed by atoms with Gasteiger partial charge in [-0.15, -0.1) is 12.4 Å². The van der Waals surface area contributed by atoms with Crippen LogP contribution in [0.15, 0.2) is 212 Å². The number of nitro benzene ring substituents is 2. The van der Waals surface area contributed by atoms with E-state index in [1.165, 1.54) is 77.0 Å². The lowest BCUT2D eigenvalue weighted by Gasteiger charge is -2.16. The fraction of sp³-hybridized carbons (Fsp3) is 0.205. The number of nitrogens with two attached hydrogens (primary N) is 2. The number of nitrogens with zero attached hydrogens (tertiary/aromatic N) is 7. The number of benzene rings is 10. The molecule has 526 valence electrons. The van der Waals surface area contributed by atoms with Crippen molar-refractivity contribution in [3.63, 3.8) is 0 Å². The molecule has 7 N–H and O–H groups in total. The van der Waals surface area contributed by atoms with Gasteiger partial charge in [0.1, 0.15) is 29.6 Å². The minimum Gasteiger partial charge on any atom is -0.397 e. The highest BCUT2D eigenvalue weighted by Crippen LogP contribution is 2.29. The van der Waals surface area contributed by atoms with Gasteiger partial charge in [0.25, 0.3) is 11.4 Å². The van der Waals surface area contributed by atoms with Crippen LogP contribution in [0.3, 0.4) is 0 Å². The fourth-order valence-corrected chi connectivity index (χ4v) is 11.6. The number of aryl methyl sites for hydroxylation is 5. The lowest BCUT2D eigenvalue weighted by Crippen LogP contribution is -2.21. The number of nitrogens with one attached hydrogen (secondary N) is 2. The molecule has 101 heavy (non-hydrogen) atoms. The average Bonchev–Trinajstić information content (AvgIpc) is 1.65. The SMILES string of the molecule is Cc1ccc(N)c(NCc2ccc(Cl)cc2)c1.Cc1ccc([N+](=O)[O-])c(N)c1.Cc1ccc([N+](=O)[O-])c(NCc2ccc(Cl)cc2)c1.Cc1ccc2nc(CN3CCCC3)n(Cc3ccc(Cl)cc3)c2c1.Cc1ccc2nc(CO)n(Cc3ccc(Cl)cc3)c2c1.Cl.Clc1ccc(CBr)cc1. The van der Waals surface area contributed by atoms with Crippen LogP contribution < -0.4 is 22.1 Å². The Kier molecular flexibility index (Phi) is 31.1. The predicted octanol–water partition coefficient (Wildman–Crippen LogP) is 21.3. The molecule has 1 saturated heterocycles. The van der Waals surface area contributed by atoms with E-state index in [-0.39, 0.29) is 41.0 Å². The van der Waals surface area contributed by atoms with Gasteiger partial charge >= 0.3 is 0 Å². The predicted molar refractivity (Wildman–Crippen MR) is 425 cm³/mol. The van der Waals surface area contributed by atoms with E-state index in [4.69, 9.17) is 74.5 Å². The third-order valence-electron chi connectivity index (χ3n) is 16.0. The van der Waals surface area contributed by atoms with Gasteiger partial charge in [-0.3, -0.25) is 25.1 Å². The Bertz CT molecular complexity index is 4650. The van der Waals surface area contributed by atoms with Crippen LogP contribution >= 0.6 is 86.3 Å². The van der Waals surface area contributed by atoms with Gasteiger partial charge in [-0.1, -0.05) is 165 Å². The Balaban J connectivity index is 0.000000174. The number of halogens is 7. The molecule has 23 heteroatoms. The van der Waals surface area contributed by atoms with Crippen LogP contribution in [0.4, 0.5) is 34.1 Å². The number of anilines is 4. The second-order valence-electron chi connectivity index (χ2n) is 24.0. The van der Waals surface area contributed by atoms with Crippen molar-refractivity contribution in [3.8, 4) is 0 Å². The standard InChI is InChI=1S/C20H22ClN3.C16H15ClN2O.C14H13ClN2O2.C14H15ClN2.C7H6BrCl.C7H8N2O2.ClH/c1-15-4-9-18-19(12-15)24(13-16-5-7-17(21)8-6-16)20(22-18)14-23-10-2-3-11-23;1-11-2-7-14-15(8-11)19(16(10-20)18-14)9-12-3-5-13(17)6-4-12;1-10-2-7-14(17(18)19)13(8-10)16-9-11-3-5-12(15)6-4-11;1-10-2-7-13(16)14(8-10)17-9-11-3-5-12(15)6-4-11;8-5-6-1-3-7(9)4-2-6;1-5-2-3-7(9(10)11)6(8)4-5;/h4-9,12H,2-3,10-11,13-14H2,1H3;2-8,20H,9-10H2,1H3;2-8,16H,9H2,1H3;2-8,17H,9,16H2,1H3;1-4H,5H2;2-4H,8H2,1H3;1H. The fourth-order valence-electron chi connectivity index (χ4n) is 10.6. The van der Waals surface area contributed by atoms with Crippen LogP contribution in [-0.2, 0) is 44.7 Å². The van der Waals surface area contributed by atoms with E-state index in [0.717, 1.165) is 101 Å². The Morgan fingerprint density at radius 1 is 0.446 bits per heavy atom. The van der Waals surface area contributed by atoms with Gasteiger partial charge in [0.2, 0.25) is 0 Å². The van der Waals surface area contributed by atoms with Crippen molar-refractivity contribution >= 4 is 143 Å². The molecule has 13 rings (SSSR count). The number of alkyl halides is 1. The number of hydrogen-bond acceptors (Lipinski definition) is 12. The first kappa shape index (κ1) is 79.6. The van der Waals surface area contributed by atoms with Gasteiger partial charge in [0.05, 0.1) is 49.8 Å². The third-order valence-corrected chi connectivity index (χ3v) is 17.9. The molecule has 0 aliphatic carbocycles. The minimum atomic E-state index is -0.491. The zero-order chi connectivity index (χ0) is 71.8. The summed E-state index contributed by atoms with van der Waals surface area (Å²) in [4.78, 5) is 32.2. The van der Waals surface area contributed by atoms with Crippen LogP contribution in [0.1, 0.15) is 80.1 Å². The minimum absolute atomic E-state index is 0. The van der Waals surface area contributed by atoms with E-state index < -0.39 is 4.92 Å². The number of hydrogen-bond donors (Lipinski definition) is 5. The van der Waals surface area contributed by atoms with E-state index in [0.29, 0.717) is 29.6 Å². The molecule has 0 unspecified atom stereocenters. The molecule has 1 fully saturated rings. The third kappa shape index (κ3) is 24.8. The number of aromatic nitrogens is 4. The number of nitrogen functional groups attached to an aromatic ring is 2. The lowest BCUT2D eigenvalue weighted by molar-refractivity contribution is -0.384. The normalized spacial score (nSPS) is 11.4. The highest BCUT2D eigenvalue weighted by Gasteiger charge is 2.19. The molecule has 10 aromatic carbocycles. The van der Waals surface area contributed by atoms with Crippen molar-refractivity contribution < 1.29 is 15.0 Å². The molecule has 2 aromatic heterocycles. The van der Waals surface area contributed by atoms with Crippen molar-refractivity contribution in [2.45, 2.75) is 92.1 Å². The molecule has 0 bridgehead atoms. The zero-order valence-corrected chi connectivity index (χ0v) is 62.7. The van der Waals surface area contributed by atoms with E-state index in [9.17, 15) is 25.3 Å². The summed E-state index contributed by atoms with van der Waals surface area (Å²) in [6.45, 7) is 16.0. The highest BCUT2D eigenvalue weighted by molar-refractivity contribution is 9.08. The Morgan fingerprint density at radius 2 is 0.802 bits per heavy atom. The van der Waals surface area contributed by atoms with Crippen molar-refractivity contribution in [1.82, 2.24) is 24.0 Å². The summed E-state index contributed by atoms with van der Waals surface area (Å²) in [7, 11) is 0. The molecule has 1 aliphatic heterocycles. The summed E-state index contributed by atoms with van der Waals surface area (Å²) >= 11 is 32.6. The number of fused-ring (bicyclic) bond motifs is 2. The summed E-state index contributed by atoms with van der Waals surface area (Å²) < 4.78 is 4.41. The first-order valence-electron chi connectivity index (χ1n) is 32.1. The molecule has 12 aromatic rings. The molecule has 0 radical (unpaired) electrons. The van der Waals surface area contributed by atoms with Gasteiger partial charge in [0, 0.05) is 68.8 Å². The molecule has 0 saturated carbocycles. The molecule has 0 amide bonds. The summed E-state index contributed by atoms with van der Waals surface area (Å²) in [5.41, 5.74) is 29.4. The first-order valence-corrected chi connectivity index (χ1v) is 35.1. The van der Waals surface area contributed by atoms with E-state index in [1.54, 1.807) is 36.4 Å². The van der Waals surface area contributed by atoms with Gasteiger partial charge < -0.3 is 36.3 Å². The topological polar surface area (TPSA) is 221 Å². The molecule has 0 spiro atoms. The Hall–Kier alpha value is -8.72. The Labute approximate surface area is 629 Å². The molecular weight excluding hydrogens is 1460 g/mol. The van der Waals surface area contributed by atoms with E-state index >= 15 is 0 Å². The van der Waals surface area contributed by atoms with Crippen LogP contribution in [0.25, 0.3) is 22.1 Å². The van der Waals surface area contributed by atoms with Gasteiger partial charge in [-0.05, 0) is 225 Å².